The van der Waals surface area contributed by atoms with Crippen molar-refractivity contribution in [3.05, 3.63) is 35.9 Å². The molecule has 4 heteroatoms. The normalized spacial score (nSPS) is 23.1. The van der Waals surface area contributed by atoms with Gasteiger partial charge in [-0.1, -0.05) is 18.2 Å². The van der Waals surface area contributed by atoms with Crippen LogP contribution in [-0.2, 0) is 9.59 Å². The van der Waals surface area contributed by atoms with Crippen molar-refractivity contribution >= 4 is 30.1 Å². The van der Waals surface area contributed by atoms with Gasteiger partial charge in [-0.3, -0.25) is 9.59 Å². The third-order valence-electron chi connectivity index (χ3n) is 3.53. The molecule has 0 aromatic heterocycles. The molecule has 1 unspecified atom stereocenters. The first kappa shape index (κ1) is 11.5. The molecule has 0 spiro atoms. The van der Waals surface area contributed by atoms with Crippen molar-refractivity contribution in [3.63, 3.8) is 0 Å². The molecule has 2 aliphatic rings. The summed E-state index contributed by atoms with van der Waals surface area (Å²) in [5.41, 5.74) is 1.26. The van der Waals surface area contributed by atoms with Crippen LogP contribution in [0, 0.1) is 5.92 Å². The van der Waals surface area contributed by atoms with Crippen LogP contribution >= 0.6 is 12.6 Å². The number of benzene rings is 1. The highest BCUT2D eigenvalue weighted by atomic mass is 32.1. The lowest BCUT2D eigenvalue weighted by Crippen LogP contribution is -2.30. The Labute approximate surface area is 111 Å². The van der Waals surface area contributed by atoms with E-state index in [0.29, 0.717) is 16.2 Å². The summed E-state index contributed by atoms with van der Waals surface area (Å²) in [6.45, 7) is 0. The van der Waals surface area contributed by atoms with Gasteiger partial charge in [0.1, 0.15) is 0 Å². The Balaban J connectivity index is 2.07. The zero-order chi connectivity index (χ0) is 12.7. The number of carbonyl (C=O) groups is 2. The van der Waals surface area contributed by atoms with Crippen LogP contribution in [0.3, 0.4) is 0 Å². The first-order chi connectivity index (χ1) is 8.70. The third kappa shape index (κ3) is 1.60. The van der Waals surface area contributed by atoms with Gasteiger partial charge in [0.25, 0.3) is 5.91 Å². The molecule has 2 amide bonds. The van der Waals surface area contributed by atoms with Crippen molar-refractivity contribution in [1.82, 2.24) is 0 Å². The van der Waals surface area contributed by atoms with Crippen molar-refractivity contribution < 1.29 is 9.59 Å². The number of hydrogen-bond donors (Lipinski definition) is 1. The van der Waals surface area contributed by atoms with E-state index in [9.17, 15) is 9.59 Å². The van der Waals surface area contributed by atoms with Crippen molar-refractivity contribution in [3.8, 4) is 0 Å². The van der Waals surface area contributed by atoms with Gasteiger partial charge in [-0.2, -0.15) is 0 Å². The molecule has 0 saturated carbocycles. The highest BCUT2D eigenvalue weighted by Gasteiger charge is 2.44. The molecule has 3 rings (SSSR count). The van der Waals surface area contributed by atoms with Crippen LogP contribution in [-0.4, -0.2) is 11.8 Å². The Morgan fingerprint density at radius 3 is 2.72 bits per heavy atom. The molecule has 1 saturated heterocycles. The monoisotopic (exact) mass is 259 g/mol. The Morgan fingerprint density at radius 1 is 1.22 bits per heavy atom. The maximum atomic E-state index is 12.3. The highest BCUT2D eigenvalue weighted by Crippen LogP contribution is 2.38. The van der Waals surface area contributed by atoms with E-state index in [1.165, 1.54) is 4.90 Å². The largest absolute Gasteiger partial charge is 0.273 e. The van der Waals surface area contributed by atoms with Gasteiger partial charge < -0.3 is 0 Å². The number of anilines is 1. The van der Waals surface area contributed by atoms with Gasteiger partial charge in [0, 0.05) is 10.5 Å². The lowest BCUT2D eigenvalue weighted by molar-refractivity contribution is -0.122. The lowest BCUT2D eigenvalue weighted by atomic mass is 9.90. The van der Waals surface area contributed by atoms with E-state index in [1.807, 2.05) is 18.2 Å². The zero-order valence-corrected chi connectivity index (χ0v) is 10.7. The lowest BCUT2D eigenvalue weighted by Gasteiger charge is -2.16. The molecule has 1 aliphatic carbocycles. The predicted molar refractivity (Wildman–Crippen MR) is 71.6 cm³/mol. The second-order valence-electron chi connectivity index (χ2n) is 4.61. The number of para-hydroxylation sites is 1. The first-order valence-electron chi connectivity index (χ1n) is 6.06. The van der Waals surface area contributed by atoms with Crippen LogP contribution in [0.15, 0.2) is 40.8 Å². The van der Waals surface area contributed by atoms with Crippen molar-refractivity contribution in [2.45, 2.75) is 24.2 Å². The number of nitrogens with zero attached hydrogens (tertiary/aromatic N) is 1. The van der Waals surface area contributed by atoms with E-state index < -0.39 is 0 Å². The molecule has 0 N–H and O–H groups in total. The average Bonchev–Trinajstić information content (AvgIpc) is 2.64. The molecule has 3 nitrogen and oxygen atoms in total. The number of imide groups is 1. The van der Waals surface area contributed by atoms with Crippen LogP contribution in [0.4, 0.5) is 5.69 Å². The Bertz CT molecular complexity index is 565. The smallest absolute Gasteiger partial charge is 0.261 e. The average molecular weight is 259 g/mol. The number of hydrogen-bond acceptors (Lipinski definition) is 3. The second-order valence-corrected chi connectivity index (χ2v) is 5.09. The van der Waals surface area contributed by atoms with Gasteiger partial charge in [0.05, 0.1) is 11.6 Å². The Hall–Kier alpha value is -1.55. The fraction of sp³-hybridized carbons (Fsp3) is 0.286. The molecule has 18 heavy (non-hydrogen) atoms. The maximum Gasteiger partial charge on any atom is 0.261 e. The van der Waals surface area contributed by atoms with E-state index in [0.717, 1.165) is 19.3 Å². The van der Waals surface area contributed by atoms with Gasteiger partial charge in [-0.05, 0) is 31.4 Å². The number of carbonyl (C=O) groups excluding carboxylic acids is 2. The quantitative estimate of drug-likeness (QED) is 0.621. The minimum atomic E-state index is -0.237. The summed E-state index contributed by atoms with van der Waals surface area (Å²) >= 11 is 4.32. The fourth-order valence-electron chi connectivity index (χ4n) is 2.64. The fourth-order valence-corrected chi connectivity index (χ4v) is 2.90. The summed E-state index contributed by atoms with van der Waals surface area (Å²) in [5.74, 6) is -0.516. The van der Waals surface area contributed by atoms with Crippen LogP contribution in [0.5, 0.6) is 0 Å². The Morgan fingerprint density at radius 2 is 2.00 bits per heavy atom. The molecule has 1 fully saturated rings. The molecule has 1 aromatic carbocycles. The summed E-state index contributed by atoms with van der Waals surface area (Å²) in [4.78, 5) is 26.6. The molecule has 1 aromatic rings. The molecule has 1 heterocycles. The van der Waals surface area contributed by atoms with Gasteiger partial charge in [-0.15, -0.1) is 12.6 Å². The number of allylic oxidation sites excluding steroid dienone is 1. The second kappa shape index (κ2) is 4.28. The van der Waals surface area contributed by atoms with Crippen LogP contribution in [0.25, 0.3) is 0 Å². The summed E-state index contributed by atoms with van der Waals surface area (Å²) in [6.07, 6.45) is 4.56. The molecular weight excluding hydrogens is 246 g/mol. The van der Waals surface area contributed by atoms with Crippen molar-refractivity contribution in [1.29, 1.82) is 0 Å². The number of rotatable bonds is 1. The SMILES string of the molecule is O=C1C2=CCCCC2C(=O)N1c1ccccc1S. The molecule has 0 bridgehead atoms. The van der Waals surface area contributed by atoms with E-state index in [4.69, 9.17) is 0 Å². The maximum absolute atomic E-state index is 12.3. The molecule has 92 valence electrons. The van der Waals surface area contributed by atoms with E-state index in [1.54, 1.807) is 12.1 Å². The Kier molecular flexibility index (Phi) is 2.74. The van der Waals surface area contributed by atoms with Crippen LogP contribution < -0.4 is 4.90 Å². The number of amides is 2. The van der Waals surface area contributed by atoms with E-state index in [-0.39, 0.29) is 17.7 Å². The first-order valence-corrected chi connectivity index (χ1v) is 6.51. The molecule has 0 radical (unpaired) electrons. The summed E-state index contributed by atoms with van der Waals surface area (Å²) < 4.78 is 0. The number of thiol groups is 1. The van der Waals surface area contributed by atoms with E-state index >= 15 is 0 Å². The van der Waals surface area contributed by atoms with E-state index in [2.05, 4.69) is 12.6 Å². The molecular formula is C14H13NO2S. The predicted octanol–water partition coefficient (Wildman–Crippen LogP) is 2.58. The van der Waals surface area contributed by atoms with Crippen LogP contribution in [0.2, 0.25) is 0 Å². The van der Waals surface area contributed by atoms with Crippen LogP contribution in [0.1, 0.15) is 19.3 Å². The van der Waals surface area contributed by atoms with Gasteiger partial charge in [0.2, 0.25) is 5.91 Å². The third-order valence-corrected chi connectivity index (χ3v) is 3.91. The van der Waals surface area contributed by atoms with Gasteiger partial charge in [0.15, 0.2) is 0 Å². The zero-order valence-electron chi connectivity index (χ0n) is 9.80. The van der Waals surface area contributed by atoms with Gasteiger partial charge in [-0.25, -0.2) is 4.90 Å². The van der Waals surface area contributed by atoms with Crippen molar-refractivity contribution in [2.75, 3.05) is 4.90 Å². The molecule has 1 aliphatic heterocycles. The topological polar surface area (TPSA) is 37.4 Å². The summed E-state index contributed by atoms with van der Waals surface area (Å²) in [6, 6.07) is 7.19. The molecule has 1 atom stereocenters. The van der Waals surface area contributed by atoms with Crippen molar-refractivity contribution in [2.24, 2.45) is 5.92 Å². The standard InChI is InChI=1S/C14H13NO2S/c16-13-9-5-1-2-6-10(9)14(17)15(13)11-7-3-4-8-12(11)18/h3-5,7-8,10,18H,1-2,6H2. The summed E-state index contributed by atoms with van der Waals surface area (Å²) in [5, 5.41) is 0. The highest BCUT2D eigenvalue weighted by molar-refractivity contribution is 7.80. The number of fused-ring (bicyclic) bond motifs is 1. The minimum Gasteiger partial charge on any atom is -0.273 e. The van der Waals surface area contributed by atoms with Gasteiger partial charge >= 0.3 is 0 Å². The minimum absolute atomic E-state index is 0.104. The summed E-state index contributed by atoms with van der Waals surface area (Å²) in [7, 11) is 0.